The van der Waals surface area contributed by atoms with Crippen LogP contribution in [0.1, 0.15) is 10.5 Å². The Hall–Kier alpha value is -3.24. The summed E-state index contributed by atoms with van der Waals surface area (Å²) in [5.41, 5.74) is 8.90. The minimum absolute atomic E-state index is 0.475. The molecule has 2 amide bonds. The van der Waals surface area contributed by atoms with Crippen molar-refractivity contribution >= 4 is 29.3 Å². The number of nitrogens with zero attached hydrogens (tertiary/aromatic N) is 3. The van der Waals surface area contributed by atoms with Crippen LogP contribution in [0, 0.1) is 10.1 Å². The maximum atomic E-state index is 11.0. The van der Waals surface area contributed by atoms with Crippen molar-refractivity contribution in [3.8, 4) is 0 Å². The number of aromatic nitrogens is 1. The molecule has 0 spiro atoms. The third kappa shape index (κ3) is 4.12. The molecular formula is C10H11N5O6. The van der Waals surface area contributed by atoms with Gasteiger partial charge < -0.3 is 21.5 Å². The zero-order valence-electron chi connectivity index (χ0n) is 10.6. The molecule has 0 aliphatic heterocycles. The van der Waals surface area contributed by atoms with Crippen molar-refractivity contribution < 1.29 is 24.4 Å². The van der Waals surface area contributed by atoms with Crippen LogP contribution in [0.5, 0.6) is 0 Å². The van der Waals surface area contributed by atoms with Crippen LogP contribution in [0.25, 0.3) is 0 Å². The fourth-order valence-electron chi connectivity index (χ4n) is 1.52. The maximum absolute atomic E-state index is 11.0. The summed E-state index contributed by atoms with van der Waals surface area (Å²) in [5, 5.41) is 19.8. The molecule has 0 bridgehead atoms. The molecule has 0 saturated heterocycles. The summed E-state index contributed by atoms with van der Waals surface area (Å²) >= 11 is 0. The molecule has 11 nitrogen and oxygen atoms in total. The highest BCUT2D eigenvalue weighted by Gasteiger charge is 2.25. The zero-order chi connectivity index (χ0) is 16.2. The second kappa shape index (κ2) is 6.27. The Bertz CT molecular complexity index is 600. The highest BCUT2D eigenvalue weighted by molar-refractivity contribution is 5.88. The van der Waals surface area contributed by atoms with Gasteiger partial charge in [-0.2, -0.15) is 0 Å². The van der Waals surface area contributed by atoms with E-state index in [1.165, 1.54) is 0 Å². The smallest absolute Gasteiger partial charge is 0.354 e. The lowest BCUT2D eigenvalue weighted by Gasteiger charge is -2.20. The molecule has 0 aromatic carbocycles. The molecule has 1 rings (SSSR count). The number of carbonyl (C=O) groups excluding carboxylic acids is 2. The second-order valence-corrected chi connectivity index (χ2v) is 3.89. The Morgan fingerprint density at radius 2 is 1.76 bits per heavy atom. The fraction of sp³-hybridized carbons (Fsp3) is 0.200. The second-order valence-electron chi connectivity index (χ2n) is 3.89. The van der Waals surface area contributed by atoms with Gasteiger partial charge in [0.15, 0.2) is 5.69 Å². The molecule has 0 radical (unpaired) electrons. The van der Waals surface area contributed by atoms with Crippen LogP contribution in [0.15, 0.2) is 12.1 Å². The summed E-state index contributed by atoms with van der Waals surface area (Å²) in [4.78, 5) is 47.3. The van der Waals surface area contributed by atoms with Crippen molar-refractivity contribution in [3.63, 3.8) is 0 Å². The van der Waals surface area contributed by atoms with Crippen LogP contribution < -0.4 is 16.4 Å². The van der Waals surface area contributed by atoms with Gasteiger partial charge in [0.2, 0.25) is 17.6 Å². The van der Waals surface area contributed by atoms with Crippen LogP contribution in [0.3, 0.4) is 0 Å². The molecule has 0 aliphatic carbocycles. The van der Waals surface area contributed by atoms with Crippen LogP contribution in [0.2, 0.25) is 0 Å². The molecule has 1 heterocycles. The van der Waals surface area contributed by atoms with Crippen molar-refractivity contribution in [2.45, 2.75) is 0 Å². The van der Waals surface area contributed by atoms with Gasteiger partial charge in [0.1, 0.15) is 0 Å². The minimum atomic E-state index is -1.43. The quantitative estimate of drug-likeness (QED) is 0.399. The molecule has 11 heteroatoms. The maximum Gasteiger partial charge on any atom is 0.354 e. The van der Waals surface area contributed by atoms with E-state index in [1.807, 2.05) is 0 Å². The number of amides is 2. The van der Waals surface area contributed by atoms with E-state index in [2.05, 4.69) is 4.98 Å². The Morgan fingerprint density at radius 3 is 2.14 bits per heavy atom. The molecule has 21 heavy (non-hydrogen) atoms. The summed E-state index contributed by atoms with van der Waals surface area (Å²) in [6.07, 6.45) is 0. The molecule has 0 aliphatic rings. The van der Waals surface area contributed by atoms with Crippen molar-refractivity contribution in [2.24, 2.45) is 11.5 Å². The first-order chi connectivity index (χ1) is 9.72. The van der Waals surface area contributed by atoms with Crippen LogP contribution in [-0.4, -0.2) is 45.9 Å². The zero-order valence-corrected chi connectivity index (χ0v) is 10.6. The van der Waals surface area contributed by atoms with Crippen molar-refractivity contribution in [1.82, 2.24) is 4.98 Å². The van der Waals surface area contributed by atoms with E-state index in [0.717, 1.165) is 17.0 Å². The number of carboxylic acid groups (broad SMARTS) is 1. The van der Waals surface area contributed by atoms with E-state index in [1.54, 1.807) is 0 Å². The Morgan fingerprint density at radius 1 is 1.24 bits per heavy atom. The van der Waals surface area contributed by atoms with Crippen LogP contribution >= 0.6 is 0 Å². The van der Waals surface area contributed by atoms with Gasteiger partial charge in [0.25, 0.3) is 0 Å². The number of nitro groups is 1. The molecule has 0 fully saturated rings. The number of carbonyl (C=O) groups is 3. The number of anilines is 1. The molecule has 112 valence electrons. The minimum Gasteiger partial charge on any atom is -0.477 e. The van der Waals surface area contributed by atoms with Gasteiger partial charge in [-0.3, -0.25) is 19.7 Å². The van der Waals surface area contributed by atoms with Gasteiger partial charge in [-0.1, -0.05) is 0 Å². The van der Waals surface area contributed by atoms with E-state index < -0.39 is 53.0 Å². The number of aromatic carboxylic acids is 1. The van der Waals surface area contributed by atoms with Gasteiger partial charge in [0, 0.05) is 6.07 Å². The van der Waals surface area contributed by atoms with Crippen molar-refractivity contribution in [3.05, 3.63) is 27.9 Å². The molecule has 0 atom stereocenters. The molecular weight excluding hydrogens is 286 g/mol. The van der Waals surface area contributed by atoms with Crippen molar-refractivity contribution in [2.75, 3.05) is 18.0 Å². The van der Waals surface area contributed by atoms with E-state index in [-0.39, 0.29) is 0 Å². The van der Waals surface area contributed by atoms with E-state index >= 15 is 0 Å². The first kappa shape index (κ1) is 15.8. The standard InChI is InChI=1S/C10H11N5O6/c11-7(16)3-14(4-8(12)17)9-6(15(20)21)2-1-5(13-9)10(18)19/h1-2H,3-4H2,(H2,11,16)(H2,12,17)(H,18,19). The number of primary amides is 2. The number of hydrogen-bond acceptors (Lipinski definition) is 7. The predicted octanol–water partition coefficient (Wildman–Crippen LogP) is -1.53. The SMILES string of the molecule is NC(=O)CN(CC(N)=O)c1nc(C(=O)O)ccc1[N+](=O)[O-]. The monoisotopic (exact) mass is 297 g/mol. The Labute approximate surface area is 117 Å². The highest BCUT2D eigenvalue weighted by Crippen LogP contribution is 2.25. The molecule has 1 aromatic heterocycles. The average Bonchev–Trinajstić information content (AvgIpc) is 2.35. The van der Waals surface area contributed by atoms with Gasteiger partial charge in [-0.05, 0) is 6.07 Å². The number of carboxylic acids is 1. The van der Waals surface area contributed by atoms with E-state index in [0.29, 0.717) is 0 Å². The van der Waals surface area contributed by atoms with Crippen molar-refractivity contribution in [1.29, 1.82) is 0 Å². The van der Waals surface area contributed by atoms with E-state index in [9.17, 15) is 24.5 Å². The first-order valence-electron chi connectivity index (χ1n) is 5.42. The molecule has 0 unspecified atom stereocenters. The van der Waals surface area contributed by atoms with Gasteiger partial charge in [0.05, 0.1) is 18.0 Å². The summed E-state index contributed by atoms with van der Waals surface area (Å²) in [5.74, 6) is -3.69. The number of pyridine rings is 1. The lowest BCUT2D eigenvalue weighted by molar-refractivity contribution is -0.384. The van der Waals surface area contributed by atoms with Gasteiger partial charge in [-0.25, -0.2) is 9.78 Å². The summed E-state index contributed by atoms with van der Waals surface area (Å²) in [6, 6.07) is 1.83. The normalized spacial score (nSPS) is 9.90. The van der Waals surface area contributed by atoms with Crippen LogP contribution in [-0.2, 0) is 9.59 Å². The lowest BCUT2D eigenvalue weighted by Crippen LogP contribution is -2.40. The molecule has 1 aromatic rings. The average molecular weight is 297 g/mol. The summed E-state index contributed by atoms with van der Waals surface area (Å²) in [6.45, 7) is -1.17. The Balaban J connectivity index is 3.40. The third-order valence-electron chi connectivity index (χ3n) is 2.26. The predicted molar refractivity (Wildman–Crippen MR) is 68.5 cm³/mol. The van der Waals surface area contributed by atoms with Gasteiger partial charge in [-0.15, -0.1) is 0 Å². The lowest BCUT2D eigenvalue weighted by atomic mass is 10.3. The number of rotatable bonds is 7. The molecule has 5 N–H and O–H groups in total. The largest absolute Gasteiger partial charge is 0.477 e. The van der Waals surface area contributed by atoms with E-state index in [4.69, 9.17) is 16.6 Å². The highest BCUT2D eigenvalue weighted by atomic mass is 16.6. The fourth-order valence-corrected chi connectivity index (χ4v) is 1.52. The topological polar surface area (TPSA) is 183 Å². The third-order valence-corrected chi connectivity index (χ3v) is 2.26. The Kier molecular flexibility index (Phi) is 4.72. The summed E-state index contributed by atoms with van der Waals surface area (Å²) < 4.78 is 0. The summed E-state index contributed by atoms with van der Waals surface area (Å²) in [7, 11) is 0. The number of nitrogens with two attached hydrogens (primary N) is 2. The van der Waals surface area contributed by atoms with Crippen LogP contribution in [0.4, 0.5) is 11.5 Å². The number of hydrogen-bond donors (Lipinski definition) is 3. The van der Waals surface area contributed by atoms with Gasteiger partial charge >= 0.3 is 11.7 Å². The molecule has 0 saturated carbocycles. The first-order valence-corrected chi connectivity index (χ1v) is 5.42.